The predicted octanol–water partition coefficient (Wildman–Crippen LogP) is 1.70. The van der Waals surface area contributed by atoms with E-state index in [9.17, 15) is 18.8 Å². The van der Waals surface area contributed by atoms with Crippen LogP contribution in [0.1, 0.15) is 6.92 Å². The minimum Gasteiger partial charge on any atom is -0.277 e. The van der Waals surface area contributed by atoms with Gasteiger partial charge in [0.15, 0.2) is 0 Å². The van der Waals surface area contributed by atoms with Crippen molar-refractivity contribution in [3.05, 3.63) is 29.0 Å². The minimum absolute atomic E-state index is 0.0122. The second kappa shape index (κ2) is 4.38. The molecule has 4 amide bonds. The average Bonchev–Trinajstić information content (AvgIpc) is 2.24. The van der Waals surface area contributed by atoms with Crippen LogP contribution in [0.2, 0.25) is 5.02 Å². The van der Waals surface area contributed by atoms with Crippen LogP contribution in [0.15, 0.2) is 18.2 Å². The molecule has 2 rings (SSSR count). The third kappa shape index (κ3) is 2.06. The molecule has 5 nitrogen and oxygen atoms in total. The fourth-order valence-electron chi connectivity index (χ4n) is 1.59. The lowest BCUT2D eigenvalue weighted by Gasteiger charge is -2.28. The number of barbiturate groups is 1. The Kier molecular flexibility index (Phi) is 3.04. The molecule has 0 aliphatic carbocycles. The van der Waals surface area contributed by atoms with E-state index in [0.29, 0.717) is 4.90 Å². The molecule has 1 N–H and O–H groups in total. The fraction of sp³-hybridized carbons (Fsp3) is 0.182. The van der Waals surface area contributed by atoms with Crippen molar-refractivity contribution < 1.29 is 18.8 Å². The molecule has 0 saturated carbocycles. The molecule has 0 bridgehead atoms. The molecule has 1 saturated heterocycles. The van der Waals surface area contributed by atoms with E-state index in [-0.39, 0.29) is 10.7 Å². The van der Waals surface area contributed by atoms with Gasteiger partial charge in [-0.3, -0.25) is 14.9 Å². The maximum Gasteiger partial charge on any atom is 0.335 e. The van der Waals surface area contributed by atoms with Gasteiger partial charge in [-0.1, -0.05) is 11.6 Å². The highest BCUT2D eigenvalue weighted by Gasteiger charge is 2.38. The van der Waals surface area contributed by atoms with Gasteiger partial charge in [0.05, 0.1) is 5.69 Å². The first kappa shape index (κ1) is 12.5. The van der Waals surface area contributed by atoms with Gasteiger partial charge in [0, 0.05) is 5.02 Å². The van der Waals surface area contributed by atoms with Crippen molar-refractivity contribution in [3.8, 4) is 0 Å². The first-order valence-electron chi connectivity index (χ1n) is 5.05. The molecule has 1 fully saturated rings. The molecule has 7 heteroatoms. The Bertz CT molecular complexity index is 541. The number of nitrogens with one attached hydrogen (secondary N) is 1. The maximum absolute atomic E-state index is 13.2. The van der Waals surface area contributed by atoms with Gasteiger partial charge < -0.3 is 0 Å². The number of anilines is 1. The van der Waals surface area contributed by atoms with E-state index in [1.54, 1.807) is 0 Å². The SMILES string of the molecule is CC1C(=O)NC(=O)N(c2cc(F)cc(Cl)c2)C1=O. The lowest BCUT2D eigenvalue weighted by atomic mass is 10.1. The summed E-state index contributed by atoms with van der Waals surface area (Å²) in [4.78, 5) is 35.4. The molecule has 0 spiro atoms. The zero-order chi connectivity index (χ0) is 13.4. The monoisotopic (exact) mass is 270 g/mol. The summed E-state index contributed by atoms with van der Waals surface area (Å²) in [6.45, 7) is 1.36. The van der Waals surface area contributed by atoms with Gasteiger partial charge in [0.2, 0.25) is 11.8 Å². The number of rotatable bonds is 1. The number of benzene rings is 1. The Labute approximate surface area is 107 Å². The number of hydrogen-bond acceptors (Lipinski definition) is 3. The van der Waals surface area contributed by atoms with E-state index in [1.165, 1.54) is 13.0 Å². The first-order chi connectivity index (χ1) is 8.40. The van der Waals surface area contributed by atoms with Crippen LogP contribution in [0.3, 0.4) is 0 Å². The highest BCUT2D eigenvalue weighted by molar-refractivity contribution is 6.32. The Morgan fingerprint density at radius 3 is 2.56 bits per heavy atom. The Hall–Kier alpha value is -1.95. The Morgan fingerprint density at radius 1 is 1.28 bits per heavy atom. The summed E-state index contributed by atoms with van der Waals surface area (Å²) in [7, 11) is 0. The number of urea groups is 1. The summed E-state index contributed by atoms with van der Waals surface area (Å²) in [5.41, 5.74) is -0.0122. The number of carbonyl (C=O) groups excluding carboxylic acids is 3. The van der Waals surface area contributed by atoms with Crippen LogP contribution in [0.4, 0.5) is 14.9 Å². The molecule has 1 aromatic rings. The van der Waals surface area contributed by atoms with E-state index in [4.69, 9.17) is 11.6 Å². The van der Waals surface area contributed by atoms with Crippen LogP contribution < -0.4 is 10.2 Å². The summed E-state index contributed by atoms with van der Waals surface area (Å²) in [6.07, 6.45) is 0. The summed E-state index contributed by atoms with van der Waals surface area (Å²) < 4.78 is 13.2. The van der Waals surface area contributed by atoms with Gasteiger partial charge >= 0.3 is 6.03 Å². The summed E-state index contributed by atoms with van der Waals surface area (Å²) in [5, 5.41) is 2.06. The topological polar surface area (TPSA) is 66.5 Å². The van der Waals surface area contributed by atoms with Crippen molar-refractivity contribution in [3.63, 3.8) is 0 Å². The highest BCUT2D eigenvalue weighted by atomic mass is 35.5. The van der Waals surface area contributed by atoms with E-state index < -0.39 is 29.6 Å². The molecular formula is C11H8ClFN2O3. The van der Waals surface area contributed by atoms with Gasteiger partial charge in [0.25, 0.3) is 0 Å². The zero-order valence-electron chi connectivity index (χ0n) is 9.24. The van der Waals surface area contributed by atoms with Crippen molar-refractivity contribution in [1.82, 2.24) is 5.32 Å². The lowest BCUT2D eigenvalue weighted by molar-refractivity contribution is -0.133. The fourth-order valence-corrected chi connectivity index (χ4v) is 1.80. The summed E-state index contributed by atoms with van der Waals surface area (Å²) in [5.74, 6) is -3.08. The molecule has 1 aliphatic rings. The van der Waals surface area contributed by atoms with Gasteiger partial charge in [0.1, 0.15) is 11.7 Å². The van der Waals surface area contributed by atoms with E-state index >= 15 is 0 Å². The smallest absolute Gasteiger partial charge is 0.277 e. The first-order valence-corrected chi connectivity index (χ1v) is 5.43. The summed E-state index contributed by atoms with van der Waals surface area (Å²) >= 11 is 5.65. The van der Waals surface area contributed by atoms with Crippen LogP contribution in [-0.4, -0.2) is 17.8 Å². The second-order valence-electron chi connectivity index (χ2n) is 3.82. The van der Waals surface area contributed by atoms with Crippen LogP contribution >= 0.6 is 11.6 Å². The van der Waals surface area contributed by atoms with Gasteiger partial charge in [-0.25, -0.2) is 14.1 Å². The molecule has 1 unspecified atom stereocenters. The number of imide groups is 2. The third-order valence-corrected chi connectivity index (χ3v) is 2.74. The number of hydrogen-bond donors (Lipinski definition) is 1. The van der Waals surface area contributed by atoms with Gasteiger partial charge in [-0.05, 0) is 25.1 Å². The third-order valence-electron chi connectivity index (χ3n) is 2.52. The molecule has 1 aromatic carbocycles. The average molecular weight is 271 g/mol. The number of carbonyl (C=O) groups is 3. The van der Waals surface area contributed by atoms with Crippen molar-refractivity contribution >= 4 is 35.1 Å². The highest BCUT2D eigenvalue weighted by Crippen LogP contribution is 2.25. The number of amides is 4. The maximum atomic E-state index is 13.2. The standard InChI is InChI=1S/C11H8ClFN2O3/c1-5-9(16)14-11(18)15(10(5)17)8-3-6(12)2-7(13)4-8/h2-5H,1H3,(H,14,16,18). The molecule has 1 atom stereocenters. The molecule has 94 valence electrons. The summed E-state index contributed by atoms with van der Waals surface area (Å²) in [6, 6.07) is 2.40. The normalized spacial score (nSPS) is 20.1. The van der Waals surface area contributed by atoms with Crippen molar-refractivity contribution in [2.75, 3.05) is 4.90 Å². The van der Waals surface area contributed by atoms with E-state index in [2.05, 4.69) is 0 Å². The minimum atomic E-state index is -1.01. The molecule has 1 aliphatic heterocycles. The van der Waals surface area contributed by atoms with Crippen LogP contribution in [0, 0.1) is 11.7 Å². The quantitative estimate of drug-likeness (QED) is 0.790. The van der Waals surface area contributed by atoms with Crippen LogP contribution in [-0.2, 0) is 9.59 Å². The van der Waals surface area contributed by atoms with Crippen LogP contribution in [0.5, 0.6) is 0 Å². The van der Waals surface area contributed by atoms with Crippen molar-refractivity contribution in [1.29, 1.82) is 0 Å². The molecule has 0 aromatic heterocycles. The Morgan fingerprint density at radius 2 is 1.94 bits per heavy atom. The molecule has 1 heterocycles. The van der Waals surface area contributed by atoms with Gasteiger partial charge in [-0.15, -0.1) is 0 Å². The molecule has 18 heavy (non-hydrogen) atoms. The van der Waals surface area contributed by atoms with E-state index in [1.807, 2.05) is 5.32 Å². The largest absolute Gasteiger partial charge is 0.335 e. The number of halogens is 2. The molecular weight excluding hydrogens is 263 g/mol. The molecule has 0 radical (unpaired) electrons. The van der Waals surface area contributed by atoms with E-state index in [0.717, 1.165) is 12.1 Å². The lowest BCUT2D eigenvalue weighted by Crippen LogP contribution is -2.57. The van der Waals surface area contributed by atoms with Crippen molar-refractivity contribution in [2.24, 2.45) is 5.92 Å². The second-order valence-corrected chi connectivity index (χ2v) is 4.25. The Balaban J connectivity index is 2.45. The van der Waals surface area contributed by atoms with Crippen molar-refractivity contribution in [2.45, 2.75) is 6.92 Å². The number of nitrogens with zero attached hydrogens (tertiary/aromatic N) is 1. The van der Waals surface area contributed by atoms with Gasteiger partial charge in [-0.2, -0.15) is 0 Å². The zero-order valence-corrected chi connectivity index (χ0v) is 9.99. The van der Waals surface area contributed by atoms with Crippen LogP contribution in [0.25, 0.3) is 0 Å². The predicted molar refractivity (Wildman–Crippen MR) is 61.6 cm³/mol.